The molecule has 0 aliphatic carbocycles. The molecular weight excluding hydrogens is 377 g/mol. The summed E-state index contributed by atoms with van der Waals surface area (Å²) in [6.45, 7) is 2.93. The van der Waals surface area contributed by atoms with E-state index in [1.54, 1.807) is 15.9 Å². The number of benzene rings is 1. The number of hydrogen-bond acceptors (Lipinski definition) is 4. The van der Waals surface area contributed by atoms with Gasteiger partial charge < -0.3 is 20.3 Å². The summed E-state index contributed by atoms with van der Waals surface area (Å²) in [5.74, 6) is -0.0396. The number of nitrogens with two attached hydrogens (primary N) is 1. The standard InChI is InChI=1S/C18H24ClN3O3.ClH/c19-15-3-1-2-13(10-15)11-21-6-7-22(12-16(21)23)18(24)17(20)14-4-8-25-9-5-14;/h1-3,10,14,17H,4-9,11-12,20H2;1H. The number of piperazine rings is 1. The van der Waals surface area contributed by atoms with Gasteiger partial charge in [-0.3, -0.25) is 9.59 Å². The minimum Gasteiger partial charge on any atom is -0.381 e. The fraction of sp³-hybridized carbons (Fsp3) is 0.556. The Morgan fingerprint density at radius 3 is 2.69 bits per heavy atom. The molecule has 1 aromatic carbocycles. The summed E-state index contributed by atoms with van der Waals surface area (Å²) in [4.78, 5) is 28.4. The van der Waals surface area contributed by atoms with Crippen molar-refractivity contribution in [1.82, 2.24) is 9.80 Å². The Balaban J connectivity index is 0.00000243. The molecule has 26 heavy (non-hydrogen) atoms. The van der Waals surface area contributed by atoms with E-state index >= 15 is 0 Å². The molecule has 2 amide bonds. The van der Waals surface area contributed by atoms with Gasteiger partial charge in [-0.1, -0.05) is 23.7 Å². The molecular formula is C18H25Cl2N3O3. The second-order valence-corrected chi connectivity index (χ2v) is 7.12. The van der Waals surface area contributed by atoms with Gasteiger partial charge in [0.15, 0.2) is 0 Å². The van der Waals surface area contributed by atoms with Crippen molar-refractivity contribution in [1.29, 1.82) is 0 Å². The highest BCUT2D eigenvalue weighted by atomic mass is 35.5. The van der Waals surface area contributed by atoms with Gasteiger partial charge in [0, 0.05) is 37.9 Å². The lowest BCUT2D eigenvalue weighted by Gasteiger charge is -2.37. The van der Waals surface area contributed by atoms with Gasteiger partial charge in [-0.15, -0.1) is 12.4 Å². The summed E-state index contributed by atoms with van der Waals surface area (Å²) >= 11 is 5.99. The third-order valence-electron chi connectivity index (χ3n) is 4.95. The molecule has 3 rings (SSSR count). The van der Waals surface area contributed by atoms with Crippen molar-refractivity contribution in [2.75, 3.05) is 32.8 Å². The molecule has 0 bridgehead atoms. The van der Waals surface area contributed by atoms with Crippen LogP contribution in [0, 0.1) is 5.92 Å². The Bertz CT molecular complexity index is 638. The van der Waals surface area contributed by atoms with Gasteiger partial charge in [-0.25, -0.2) is 0 Å². The van der Waals surface area contributed by atoms with Crippen LogP contribution in [0.5, 0.6) is 0 Å². The van der Waals surface area contributed by atoms with E-state index in [0.29, 0.717) is 37.9 Å². The summed E-state index contributed by atoms with van der Waals surface area (Å²) < 4.78 is 5.32. The monoisotopic (exact) mass is 401 g/mol. The number of rotatable bonds is 4. The van der Waals surface area contributed by atoms with Crippen molar-refractivity contribution < 1.29 is 14.3 Å². The van der Waals surface area contributed by atoms with Gasteiger partial charge in [0.1, 0.15) is 0 Å². The van der Waals surface area contributed by atoms with E-state index in [1.807, 2.05) is 18.2 Å². The average Bonchev–Trinajstić information content (AvgIpc) is 2.63. The minimum atomic E-state index is -0.545. The van der Waals surface area contributed by atoms with Crippen LogP contribution in [0.1, 0.15) is 18.4 Å². The van der Waals surface area contributed by atoms with Crippen LogP contribution >= 0.6 is 24.0 Å². The van der Waals surface area contributed by atoms with Gasteiger partial charge in [0.05, 0.1) is 12.6 Å². The molecule has 144 valence electrons. The van der Waals surface area contributed by atoms with E-state index in [0.717, 1.165) is 18.4 Å². The molecule has 0 spiro atoms. The van der Waals surface area contributed by atoms with E-state index in [4.69, 9.17) is 22.1 Å². The van der Waals surface area contributed by atoms with E-state index < -0.39 is 6.04 Å². The summed E-state index contributed by atoms with van der Waals surface area (Å²) in [6.07, 6.45) is 1.60. The van der Waals surface area contributed by atoms with Crippen LogP contribution < -0.4 is 5.73 Å². The Labute approximate surface area is 165 Å². The van der Waals surface area contributed by atoms with E-state index in [9.17, 15) is 9.59 Å². The SMILES string of the molecule is Cl.NC(C(=O)N1CCN(Cc2cccc(Cl)c2)C(=O)C1)C1CCOCC1. The van der Waals surface area contributed by atoms with Crippen LogP contribution in [-0.4, -0.2) is 60.5 Å². The third kappa shape index (κ3) is 5.10. The zero-order chi connectivity index (χ0) is 17.8. The second-order valence-electron chi connectivity index (χ2n) is 6.68. The van der Waals surface area contributed by atoms with Gasteiger partial charge >= 0.3 is 0 Å². The number of carbonyl (C=O) groups excluding carboxylic acids is 2. The van der Waals surface area contributed by atoms with Crippen LogP contribution in [0.15, 0.2) is 24.3 Å². The highest BCUT2D eigenvalue weighted by Crippen LogP contribution is 2.20. The number of carbonyl (C=O) groups is 2. The fourth-order valence-corrected chi connectivity index (χ4v) is 3.62. The maximum Gasteiger partial charge on any atom is 0.242 e. The molecule has 2 N–H and O–H groups in total. The van der Waals surface area contributed by atoms with Crippen molar-refractivity contribution in [3.63, 3.8) is 0 Å². The lowest BCUT2D eigenvalue weighted by molar-refractivity contribution is -0.147. The average molecular weight is 402 g/mol. The van der Waals surface area contributed by atoms with Crippen molar-refractivity contribution in [3.05, 3.63) is 34.9 Å². The third-order valence-corrected chi connectivity index (χ3v) is 5.19. The first-order chi connectivity index (χ1) is 12.0. The maximum atomic E-state index is 12.6. The first-order valence-corrected chi connectivity index (χ1v) is 9.06. The molecule has 1 aromatic rings. The topological polar surface area (TPSA) is 75.9 Å². The van der Waals surface area contributed by atoms with E-state index in [-0.39, 0.29) is 36.7 Å². The normalized spacial score (nSPS) is 19.8. The Kier molecular flexibility index (Phi) is 7.70. The number of ether oxygens (including phenoxy) is 1. The molecule has 8 heteroatoms. The summed E-state index contributed by atoms with van der Waals surface area (Å²) in [6, 6.07) is 6.93. The lowest BCUT2D eigenvalue weighted by Crippen LogP contribution is -2.57. The summed E-state index contributed by atoms with van der Waals surface area (Å²) in [7, 11) is 0. The molecule has 2 fully saturated rings. The number of halogens is 2. The Morgan fingerprint density at radius 2 is 2.04 bits per heavy atom. The van der Waals surface area contributed by atoms with Gasteiger partial charge in [0.25, 0.3) is 0 Å². The van der Waals surface area contributed by atoms with Crippen LogP contribution in [0.4, 0.5) is 0 Å². The molecule has 2 heterocycles. The maximum absolute atomic E-state index is 12.6. The van der Waals surface area contributed by atoms with Crippen molar-refractivity contribution in [3.8, 4) is 0 Å². The lowest BCUT2D eigenvalue weighted by atomic mass is 9.91. The second kappa shape index (κ2) is 9.55. The van der Waals surface area contributed by atoms with Crippen molar-refractivity contribution in [2.24, 2.45) is 11.7 Å². The first-order valence-electron chi connectivity index (χ1n) is 8.69. The molecule has 2 aliphatic heterocycles. The van der Waals surface area contributed by atoms with Crippen molar-refractivity contribution in [2.45, 2.75) is 25.4 Å². The smallest absolute Gasteiger partial charge is 0.242 e. The number of nitrogens with zero attached hydrogens (tertiary/aromatic N) is 2. The zero-order valence-electron chi connectivity index (χ0n) is 14.6. The minimum absolute atomic E-state index is 0. The number of amides is 2. The van der Waals surface area contributed by atoms with E-state index in [2.05, 4.69) is 0 Å². The Hall–Kier alpha value is -1.34. The van der Waals surface area contributed by atoms with Crippen LogP contribution in [0.2, 0.25) is 5.02 Å². The Morgan fingerprint density at radius 1 is 1.31 bits per heavy atom. The molecule has 1 unspecified atom stereocenters. The quantitative estimate of drug-likeness (QED) is 0.832. The van der Waals surface area contributed by atoms with Gasteiger partial charge in [0.2, 0.25) is 11.8 Å². The van der Waals surface area contributed by atoms with Gasteiger partial charge in [-0.05, 0) is 36.5 Å². The molecule has 2 aliphatic rings. The molecule has 1 atom stereocenters. The highest BCUT2D eigenvalue weighted by molar-refractivity contribution is 6.30. The molecule has 6 nitrogen and oxygen atoms in total. The highest BCUT2D eigenvalue weighted by Gasteiger charge is 2.33. The largest absolute Gasteiger partial charge is 0.381 e. The van der Waals surface area contributed by atoms with Gasteiger partial charge in [-0.2, -0.15) is 0 Å². The molecule has 2 saturated heterocycles. The summed E-state index contributed by atoms with van der Waals surface area (Å²) in [5.41, 5.74) is 7.14. The molecule has 0 radical (unpaired) electrons. The molecule has 0 aromatic heterocycles. The summed E-state index contributed by atoms with van der Waals surface area (Å²) in [5, 5.41) is 0.654. The first kappa shape index (κ1) is 21.0. The predicted molar refractivity (Wildman–Crippen MR) is 102 cm³/mol. The molecule has 0 saturated carbocycles. The van der Waals surface area contributed by atoms with Crippen LogP contribution in [-0.2, 0) is 20.9 Å². The fourth-order valence-electron chi connectivity index (χ4n) is 3.41. The van der Waals surface area contributed by atoms with Crippen LogP contribution in [0.3, 0.4) is 0 Å². The van der Waals surface area contributed by atoms with E-state index in [1.165, 1.54) is 0 Å². The predicted octanol–water partition coefficient (Wildman–Crippen LogP) is 1.69. The van der Waals surface area contributed by atoms with Crippen molar-refractivity contribution >= 4 is 35.8 Å². The number of hydrogen-bond donors (Lipinski definition) is 1. The van der Waals surface area contributed by atoms with Crippen LogP contribution in [0.25, 0.3) is 0 Å². The zero-order valence-corrected chi connectivity index (χ0v) is 16.2.